The molecular formula is C32H43N4O2+. The van der Waals surface area contributed by atoms with E-state index in [4.69, 9.17) is 4.74 Å². The predicted molar refractivity (Wildman–Crippen MR) is 151 cm³/mol. The van der Waals surface area contributed by atoms with Gasteiger partial charge in [0, 0.05) is 18.8 Å². The minimum absolute atomic E-state index is 0.0281. The zero-order chi connectivity index (χ0) is 26.8. The molecule has 6 heteroatoms. The number of carbonyl (C=O) groups is 1. The first-order chi connectivity index (χ1) is 18.7. The van der Waals surface area contributed by atoms with Gasteiger partial charge in [0.1, 0.15) is 18.3 Å². The lowest BCUT2D eigenvalue weighted by Gasteiger charge is -2.41. The third kappa shape index (κ3) is 6.41. The first-order valence-corrected chi connectivity index (χ1v) is 14.4. The van der Waals surface area contributed by atoms with E-state index >= 15 is 0 Å². The molecule has 2 aliphatic rings. The van der Waals surface area contributed by atoms with Crippen LogP contribution in [0.4, 0.5) is 0 Å². The number of benzene rings is 2. The molecular weight excluding hydrogens is 472 g/mol. The van der Waals surface area contributed by atoms with Crippen molar-refractivity contribution in [2.24, 2.45) is 5.92 Å². The standard InChI is InChI=1S/C30H36N4O2.C2H6/c1-23-20-28(36-29(35)30(17-10-2-3-11-18-30)24-12-6-4-7-13-24)27(23)16-19-31-21-25-22-34(33-32-25)26-14-8-5-9-15-26;1-2/h4-9,12-15,22,27-28,31H,1-3,10-11,16-21H2;1-2H3/p+1. The molecule has 2 aliphatic carbocycles. The molecule has 2 atom stereocenters. The molecule has 1 heterocycles. The molecule has 2 unspecified atom stereocenters. The van der Waals surface area contributed by atoms with Gasteiger partial charge in [-0.3, -0.25) is 4.79 Å². The summed E-state index contributed by atoms with van der Waals surface area (Å²) < 4.78 is 8.06. The minimum Gasteiger partial charge on any atom is -0.461 e. The van der Waals surface area contributed by atoms with E-state index in [-0.39, 0.29) is 18.0 Å². The van der Waals surface area contributed by atoms with Crippen LogP contribution in [0.2, 0.25) is 0 Å². The largest absolute Gasteiger partial charge is 0.461 e. The lowest BCUT2D eigenvalue weighted by molar-refractivity contribution is -0.672. The summed E-state index contributed by atoms with van der Waals surface area (Å²) >= 11 is 0. The van der Waals surface area contributed by atoms with E-state index in [0.29, 0.717) is 0 Å². The van der Waals surface area contributed by atoms with Crippen molar-refractivity contribution >= 4 is 5.97 Å². The molecule has 0 bridgehead atoms. The number of nitrogens with two attached hydrogens (primary N) is 1. The fourth-order valence-electron chi connectivity index (χ4n) is 5.76. The Labute approximate surface area is 227 Å². The highest BCUT2D eigenvalue weighted by atomic mass is 16.5. The summed E-state index contributed by atoms with van der Waals surface area (Å²) in [7, 11) is 0. The Morgan fingerprint density at radius 1 is 1.03 bits per heavy atom. The number of nitrogens with zero attached hydrogens (tertiary/aromatic N) is 3. The molecule has 0 radical (unpaired) electrons. The van der Waals surface area contributed by atoms with Gasteiger partial charge in [-0.25, -0.2) is 4.68 Å². The van der Waals surface area contributed by atoms with E-state index in [1.807, 2.05) is 73.3 Å². The van der Waals surface area contributed by atoms with Crippen LogP contribution >= 0.6 is 0 Å². The van der Waals surface area contributed by atoms with Gasteiger partial charge >= 0.3 is 5.97 Å². The number of esters is 1. The minimum atomic E-state index is -0.504. The Balaban J connectivity index is 0.00000164. The quantitative estimate of drug-likeness (QED) is 0.176. The summed E-state index contributed by atoms with van der Waals surface area (Å²) in [5.41, 5.74) is 3.77. The van der Waals surface area contributed by atoms with Crippen molar-refractivity contribution in [1.82, 2.24) is 15.0 Å². The predicted octanol–water partition coefficient (Wildman–Crippen LogP) is 5.53. The molecule has 2 aromatic carbocycles. The van der Waals surface area contributed by atoms with Crippen LogP contribution in [-0.4, -0.2) is 33.6 Å². The summed E-state index contributed by atoms with van der Waals surface area (Å²) in [6.07, 6.45) is 9.96. The highest BCUT2D eigenvalue weighted by Gasteiger charge is 2.45. The van der Waals surface area contributed by atoms with Crippen LogP contribution in [0.3, 0.4) is 0 Å². The van der Waals surface area contributed by atoms with Gasteiger partial charge in [-0.1, -0.05) is 105 Å². The lowest BCUT2D eigenvalue weighted by atomic mass is 9.72. The zero-order valence-corrected chi connectivity index (χ0v) is 23.0. The van der Waals surface area contributed by atoms with Gasteiger partial charge in [0.25, 0.3) is 0 Å². The smallest absolute Gasteiger partial charge is 0.316 e. The third-order valence-corrected chi connectivity index (χ3v) is 7.97. The number of hydrogen-bond acceptors (Lipinski definition) is 4. The van der Waals surface area contributed by atoms with Gasteiger partial charge < -0.3 is 10.1 Å². The molecule has 0 spiro atoms. The second kappa shape index (κ2) is 13.5. The number of para-hydroxylation sites is 1. The fourth-order valence-corrected chi connectivity index (χ4v) is 5.76. The Morgan fingerprint density at radius 3 is 2.34 bits per heavy atom. The molecule has 1 aromatic heterocycles. The number of carbonyl (C=O) groups excluding carboxylic acids is 1. The molecule has 2 fully saturated rings. The average Bonchev–Trinajstić information content (AvgIpc) is 3.30. The Bertz CT molecular complexity index is 1150. The van der Waals surface area contributed by atoms with Gasteiger partial charge in [0.15, 0.2) is 0 Å². The molecule has 5 rings (SSSR count). The molecule has 6 nitrogen and oxygen atoms in total. The van der Waals surface area contributed by atoms with Crippen LogP contribution in [0.25, 0.3) is 5.69 Å². The molecule has 0 amide bonds. The van der Waals surface area contributed by atoms with Gasteiger partial charge in [0.2, 0.25) is 0 Å². The van der Waals surface area contributed by atoms with Crippen LogP contribution in [-0.2, 0) is 21.5 Å². The molecule has 38 heavy (non-hydrogen) atoms. The van der Waals surface area contributed by atoms with Gasteiger partial charge in [-0.2, -0.15) is 0 Å². The molecule has 202 valence electrons. The normalized spacial score (nSPS) is 20.4. The van der Waals surface area contributed by atoms with Crippen molar-refractivity contribution < 1.29 is 14.8 Å². The number of hydrogen-bond donors (Lipinski definition) is 1. The van der Waals surface area contributed by atoms with Crippen molar-refractivity contribution in [2.75, 3.05) is 6.54 Å². The second-order valence-electron chi connectivity index (χ2n) is 10.3. The summed E-state index contributed by atoms with van der Waals surface area (Å²) in [4.78, 5) is 13.7. The molecule has 2 N–H and O–H groups in total. The maximum atomic E-state index is 13.7. The van der Waals surface area contributed by atoms with Gasteiger partial charge in [-0.05, 0) is 30.5 Å². The summed E-state index contributed by atoms with van der Waals surface area (Å²) in [5.74, 6) is 0.211. The van der Waals surface area contributed by atoms with Crippen LogP contribution in [0.15, 0.2) is 79.0 Å². The highest BCUT2D eigenvalue weighted by molar-refractivity contribution is 5.83. The van der Waals surface area contributed by atoms with E-state index < -0.39 is 5.41 Å². The number of ether oxygens (including phenoxy) is 1. The Kier molecular flexibility index (Phi) is 9.88. The second-order valence-corrected chi connectivity index (χ2v) is 10.3. The summed E-state index contributed by atoms with van der Waals surface area (Å²) in [6, 6.07) is 20.3. The van der Waals surface area contributed by atoms with Crippen LogP contribution < -0.4 is 5.32 Å². The maximum Gasteiger partial charge on any atom is 0.316 e. The number of quaternary nitrogens is 1. The van der Waals surface area contributed by atoms with Crippen molar-refractivity contribution in [3.8, 4) is 5.69 Å². The molecule has 3 aromatic rings. The van der Waals surface area contributed by atoms with Crippen molar-refractivity contribution in [2.45, 2.75) is 83.3 Å². The zero-order valence-electron chi connectivity index (χ0n) is 23.0. The molecule has 0 saturated heterocycles. The van der Waals surface area contributed by atoms with Crippen LogP contribution in [0.5, 0.6) is 0 Å². The maximum absolute atomic E-state index is 13.7. The van der Waals surface area contributed by atoms with Gasteiger partial charge in [-0.15, -0.1) is 5.10 Å². The van der Waals surface area contributed by atoms with E-state index in [9.17, 15) is 4.79 Å². The Morgan fingerprint density at radius 2 is 1.68 bits per heavy atom. The average molecular weight is 516 g/mol. The SMILES string of the molecule is C=C1CC(OC(=O)C2(c3ccccc3)CCCCCC2)C1CC[NH2+]Cc1cn(-c2ccccc2)nn1.CC. The summed E-state index contributed by atoms with van der Waals surface area (Å²) in [5, 5.41) is 10.8. The lowest BCUT2D eigenvalue weighted by Crippen LogP contribution is -2.83. The fraction of sp³-hybridized carbons (Fsp3) is 0.469. The van der Waals surface area contributed by atoms with E-state index in [1.54, 1.807) is 0 Å². The highest BCUT2D eigenvalue weighted by Crippen LogP contribution is 2.43. The van der Waals surface area contributed by atoms with E-state index in [0.717, 1.165) is 68.6 Å². The number of rotatable bonds is 9. The Hall–Kier alpha value is -3.25. The van der Waals surface area contributed by atoms with Crippen LogP contribution in [0.1, 0.15) is 76.5 Å². The topological polar surface area (TPSA) is 73.6 Å². The monoisotopic (exact) mass is 515 g/mol. The van der Waals surface area contributed by atoms with Crippen molar-refractivity contribution in [3.63, 3.8) is 0 Å². The van der Waals surface area contributed by atoms with E-state index in [1.165, 1.54) is 18.4 Å². The van der Waals surface area contributed by atoms with Crippen molar-refractivity contribution in [1.29, 1.82) is 0 Å². The first-order valence-electron chi connectivity index (χ1n) is 14.4. The summed E-state index contributed by atoms with van der Waals surface area (Å²) in [6.45, 7) is 9.95. The van der Waals surface area contributed by atoms with Gasteiger partial charge in [0.05, 0.1) is 23.8 Å². The van der Waals surface area contributed by atoms with Crippen molar-refractivity contribution in [3.05, 3.63) is 90.3 Å². The molecule has 2 saturated carbocycles. The first kappa shape index (κ1) is 27.8. The van der Waals surface area contributed by atoms with E-state index in [2.05, 4.69) is 34.3 Å². The third-order valence-electron chi connectivity index (χ3n) is 7.97. The number of aromatic nitrogens is 3. The van der Waals surface area contributed by atoms with Crippen LogP contribution in [0, 0.1) is 5.92 Å². The molecule has 0 aliphatic heterocycles.